The molecule has 0 aliphatic carbocycles. The van der Waals surface area contributed by atoms with E-state index in [1.54, 1.807) is 9.80 Å². The van der Waals surface area contributed by atoms with Crippen molar-refractivity contribution in [1.29, 1.82) is 0 Å². The number of urea groups is 1. The number of aliphatic hydroxyl groups is 1. The van der Waals surface area contributed by atoms with Crippen LogP contribution in [0.1, 0.15) is 44.1 Å². The summed E-state index contributed by atoms with van der Waals surface area (Å²) in [5.41, 5.74) is 1.01. The van der Waals surface area contributed by atoms with E-state index in [-0.39, 0.29) is 30.7 Å². The predicted molar refractivity (Wildman–Crippen MR) is 104 cm³/mol. The number of amides is 3. The third-order valence-electron chi connectivity index (χ3n) is 5.57. The first-order valence-electron chi connectivity index (χ1n) is 10.1. The average molecular weight is 387 g/mol. The standard InChI is InChI=1S/C21H29N3O4/c25-14-6-11-19(26)17-9-4-12-23(17)20(27)18-10-5-13-24(18)21(28)22-15-16-7-2-1-3-8-16/h1-3,7-8,17-18,25H,4-6,9-15H2,(H,22,28). The van der Waals surface area contributed by atoms with Gasteiger partial charge in [0.05, 0.1) is 6.04 Å². The highest BCUT2D eigenvalue weighted by molar-refractivity contribution is 5.93. The van der Waals surface area contributed by atoms with E-state index in [2.05, 4.69) is 5.32 Å². The minimum Gasteiger partial charge on any atom is -0.396 e. The Kier molecular flexibility index (Phi) is 7.03. The normalized spacial score (nSPS) is 21.8. The van der Waals surface area contributed by atoms with Gasteiger partial charge in [0.1, 0.15) is 6.04 Å². The summed E-state index contributed by atoms with van der Waals surface area (Å²) in [7, 11) is 0. The number of hydrogen-bond donors (Lipinski definition) is 2. The van der Waals surface area contributed by atoms with E-state index >= 15 is 0 Å². The summed E-state index contributed by atoms with van der Waals surface area (Å²) in [6.07, 6.45) is 3.60. The molecule has 2 atom stereocenters. The Bertz CT molecular complexity index is 694. The van der Waals surface area contributed by atoms with Crippen LogP contribution in [-0.4, -0.2) is 64.4 Å². The molecule has 0 saturated carbocycles. The van der Waals surface area contributed by atoms with Gasteiger partial charge < -0.3 is 20.2 Å². The quantitative estimate of drug-likeness (QED) is 0.745. The molecule has 0 radical (unpaired) electrons. The summed E-state index contributed by atoms with van der Waals surface area (Å²) in [5, 5.41) is 11.9. The third-order valence-corrected chi connectivity index (χ3v) is 5.57. The van der Waals surface area contributed by atoms with Crippen molar-refractivity contribution >= 4 is 17.7 Å². The second kappa shape index (κ2) is 9.68. The number of likely N-dealkylation sites (tertiary alicyclic amines) is 2. The summed E-state index contributed by atoms with van der Waals surface area (Å²) < 4.78 is 0. The summed E-state index contributed by atoms with van der Waals surface area (Å²) >= 11 is 0. The molecule has 1 aromatic carbocycles. The zero-order chi connectivity index (χ0) is 19.9. The molecular formula is C21H29N3O4. The number of ketones is 1. The number of benzene rings is 1. The fraction of sp³-hybridized carbons (Fsp3) is 0.571. The highest BCUT2D eigenvalue weighted by atomic mass is 16.3. The lowest BCUT2D eigenvalue weighted by Crippen LogP contribution is -2.52. The molecule has 2 heterocycles. The Hall–Kier alpha value is -2.41. The zero-order valence-electron chi connectivity index (χ0n) is 16.2. The molecule has 2 N–H and O–H groups in total. The number of nitrogens with one attached hydrogen (secondary N) is 1. The summed E-state index contributed by atoms with van der Waals surface area (Å²) in [4.78, 5) is 41.5. The maximum absolute atomic E-state index is 13.1. The molecule has 7 nitrogen and oxygen atoms in total. The Morgan fingerprint density at radius 1 is 1.00 bits per heavy atom. The lowest BCUT2D eigenvalue weighted by molar-refractivity contribution is -0.140. The maximum Gasteiger partial charge on any atom is 0.318 e. The molecule has 2 aliphatic heterocycles. The van der Waals surface area contributed by atoms with Crippen molar-refractivity contribution in [2.75, 3.05) is 19.7 Å². The van der Waals surface area contributed by atoms with Gasteiger partial charge in [0.15, 0.2) is 5.78 Å². The van der Waals surface area contributed by atoms with Crippen LogP contribution in [0, 0.1) is 0 Å². The Morgan fingerprint density at radius 3 is 2.39 bits per heavy atom. The molecule has 7 heteroatoms. The fourth-order valence-corrected chi connectivity index (χ4v) is 4.12. The second-order valence-corrected chi connectivity index (χ2v) is 7.48. The van der Waals surface area contributed by atoms with Gasteiger partial charge >= 0.3 is 6.03 Å². The van der Waals surface area contributed by atoms with Crippen molar-refractivity contribution in [3.63, 3.8) is 0 Å². The number of aliphatic hydroxyl groups excluding tert-OH is 1. The molecule has 2 saturated heterocycles. The summed E-state index contributed by atoms with van der Waals surface area (Å²) in [6.45, 7) is 1.51. The Balaban J connectivity index is 1.60. The van der Waals surface area contributed by atoms with Gasteiger partial charge in [0.25, 0.3) is 0 Å². The van der Waals surface area contributed by atoms with Gasteiger partial charge in [-0.25, -0.2) is 4.79 Å². The van der Waals surface area contributed by atoms with E-state index in [9.17, 15) is 14.4 Å². The number of carbonyl (C=O) groups is 3. The van der Waals surface area contributed by atoms with Crippen LogP contribution in [0.4, 0.5) is 4.79 Å². The van der Waals surface area contributed by atoms with Gasteiger partial charge in [-0.2, -0.15) is 0 Å². The van der Waals surface area contributed by atoms with Crippen LogP contribution in [-0.2, 0) is 16.1 Å². The van der Waals surface area contributed by atoms with Crippen LogP contribution in [0.15, 0.2) is 30.3 Å². The Morgan fingerprint density at radius 2 is 1.68 bits per heavy atom. The molecule has 1 aromatic rings. The van der Waals surface area contributed by atoms with Gasteiger partial charge in [-0.3, -0.25) is 9.59 Å². The minimum atomic E-state index is -0.498. The van der Waals surface area contributed by atoms with Gasteiger partial charge in [0.2, 0.25) is 5.91 Å². The molecule has 3 amide bonds. The molecule has 28 heavy (non-hydrogen) atoms. The van der Waals surface area contributed by atoms with E-state index in [0.717, 1.165) is 18.4 Å². The maximum atomic E-state index is 13.1. The Labute approximate surface area is 165 Å². The molecule has 152 valence electrons. The van der Waals surface area contributed by atoms with Crippen molar-refractivity contribution < 1.29 is 19.5 Å². The monoisotopic (exact) mass is 387 g/mol. The summed E-state index contributed by atoms with van der Waals surface area (Å²) in [5.74, 6) is -0.106. The average Bonchev–Trinajstić information content (AvgIpc) is 3.40. The lowest BCUT2D eigenvalue weighted by atomic mass is 10.0. The van der Waals surface area contributed by atoms with Crippen molar-refractivity contribution in [2.45, 2.75) is 57.2 Å². The molecule has 0 bridgehead atoms. The SMILES string of the molecule is O=C(CCCO)C1CCCN1C(=O)C1CCCN1C(=O)NCc1ccccc1. The van der Waals surface area contributed by atoms with Crippen LogP contribution < -0.4 is 5.32 Å². The first-order valence-corrected chi connectivity index (χ1v) is 10.1. The highest BCUT2D eigenvalue weighted by Crippen LogP contribution is 2.26. The van der Waals surface area contributed by atoms with Crippen LogP contribution >= 0.6 is 0 Å². The van der Waals surface area contributed by atoms with Crippen molar-refractivity contribution in [3.05, 3.63) is 35.9 Å². The van der Waals surface area contributed by atoms with Crippen LogP contribution in [0.3, 0.4) is 0 Å². The highest BCUT2D eigenvalue weighted by Gasteiger charge is 2.41. The number of carbonyl (C=O) groups excluding carboxylic acids is 3. The second-order valence-electron chi connectivity index (χ2n) is 7.48. The lowest BCUT2D eigenvalue weighted by Gasteiger charge is -2.31. The minimum absolute atomic E-state index is 0.0120. The molecule has 2 unspecified atom stereocenters. The van der Waals surface area contributed by atoms with Crippen molar-refractivity contribution in [3.8, 4) is 0 Å². The molecule has 2 fully saturated rings. The first kappa shape index (κ1) is 20.3. The smallest absolute Gasteiger partial charge is 0.318 e. The van der Waals surface area contributed by atoms with Gasteiger partial charge in [-0.15, -0.1) is 0 Å². The van der Waals surface area contributed by atoms with E-state index in [0.29, 0.717) is 38.9 Å². The van der Waals surface area contributed by atoms with Gasteiger partial charge in [-0.05, 0) is 37.7 Å². The summed E-state index contributed by atoms with van der Waals surface area (Å²) in [6, 6.07) is 8.52. The third kappa shape index (κ3) is 4.70. The molecule has 0 aromatic heterocycles. The molecule has 3 rings (SSSR count). The fourth-order valence-electron chi connectivity index (χ4n) is 4.12. The van der Waals surface area contributed by atoms with Crippen molar-refractivity contribution in [2.24, 2.45) is 0 Å². The van der Waals surface area contributed by atoms with Crippen LogP contribution in [0.5, 0.6) is 0 Å². The van der Waals surface area contributed by atoms with E-state index in [4.69, 9.17) is 5.11 Å². The number of Topliss-reactive ketones (excluding diaryl/α,β-unsaturated/α-hetero) is 1. The van der Waals surface area contributed by atoms with Crippen LogP contribution in [0.25, 0.3) is 0 Å². The number of hydrogen-bond acceptors (Lipinski definition) is 4. The first-order chi connectivity index (χ1) is 13.6. The van der Waals surface area contributed by atoms with E-state index in [1.807, 2.05) is 30.3 Å². The molecule has 2 aliphatic rings. The van der Waals surface area contributed by atoms with Crippen molar-refractivity contribution in [1.82, 2.24) is 15.1 Å². The predicted octanol–water partition coefficient (Wildman–Crippen LogP) is 1.69. The number of rotatable bonds is 7. The van der Waals surface area contributed by atoms with E-state index in [1.165, 1.54) is 0 Å². The molecule has 0 spiro atoms. The van der Waals surface area contributed by atoms with Crippen LogP contribution in [0.2, 0.25) is 0 Å². The zero-order valence-corrected chi connectivity index (χ0v) is 16.2. The largest absolute Gasteiger partial charge is 0.396 e. The van der Waals surface area contributed by atoms with Gasteiger partial charge in [-0.1, -0.05) is 30.3 Å². The van der Waals surface area contributed by atoms with Gasteiger partial charge in [0, 0.05) is 32.7 Å². The molecular weight excluding hydrogens is 358 g/mol. The number of nitrogens with zero attached hydrogens (tertiary/aromatic N) is 2. The van der Waals surface area contributed by atoms with E-state index < -0.39 is 12.1 Å². The topological polar surface area (TPSA) is 90.0 Å².